The van der Waals surface area contributed by atoms with Crippen molar-refractivity contribution >= 4 is 62.8 Å². The molecule has 3 rings (SSSR count). The number of nitrogens with one attached hydrogen (secondary N) is 2. The molecular weight excluding hydrogens is 543 g/mol. The van der Waals surface area contributed by atoms with E-state index in [0.717, 1.165) is 18.2 Å². The van der Waals surface area contributed by atoms with E-state index in [0.29, 0.717) is 15.1 Å². The summed E-state index contributed by atoms with van der Waals surface area (Å²) in [6, 6.07) is 14.0. The lowest BCUT2D eigenvalue weighted by molar-refractivity contribution is -0.115. The lowest BCUT2D eigenvalue weighted by atomic mass is 10.0. The van der Waals surface area contributed by atoms with Crippen LogP contribution in [-0.2, 0) is 4.79 Å². The predicted octanol–water partition coefficient (Wildman–Crippen LogP) is 5.36. The molecule has 0 fully saturated rings. The summed E-state index contributed by atoms with van der Waals surface area (Å²) in [6.07, 6.45) is 0. The first-order valence-electron chi connectivity index (χ1n) is 9.99. The Labute approximate surface area is 211 Å². The van der Waals surface area contributed by atoms with E-state index in [-0.39, 0.29) is 22.7 Å². The lowest BCUT2D eigenvalue weighted by Gasteiger charge is -2.13. The van der Waals surface area contributed by atoms with Crippen LogP contribution in [0.5, 0.6) is 0 Å². The first-order chi connectivity index (χ1) is 16.5. The van der Waals surface area contributed by atoms with E-state index in [9.17, 15) is 28.7 Å². The molecule has 0 aliphatic rings. The Morgan fingerprint density at radius 2 is 1.57 bits per heavy atom. The molecule has 8 nitrogen and oxygen atoms in total. The van der Waals surface area contributed by atoms with E-state index in [1.54, 1.807) is 37.3 Å². The predicted molar refractivity (Wildman–Crippen MR) is 133 cm³/mol. The molecule has 0 saturated carbocycles. The highest BCUT2D eigenvalue weighted by Gasteiger charge is 2.20. The van der Waals surface area contributed by atoms with Gasteiger partial charge >= 0.3 is 11.9 Å². The third kappa shape index (κ3) is 6.67. The number of hydrogen-bond donors (Lipinski definition) is 4. The van der Waals surface area contributed by atoms with Crippen LogP contribution in [0.1, 0.15) is 38.0 Å². The molecule has 0 saturated heterocycles. The molecule has 3 aromatic rings. The van der Waals surface area contributed by atoms with Crippen LogP contribution in [0.25, 0.3) is 0 Å². The molecule has 35 heavy (non-hydrogen) atoms. The number of carboxylic acids is 2. The van der Waals surface area contributed by atoms with Crippen LogP contribution in [-0.4, -0.2) is 39.2 Å². The number of halogens is 2. The van der Waals surface area contributed by atoms with Gasteiger partial charge in [0.25, 0.3) is 5.91 Å². The third-order valence-corrected chi connectivity index (χ3v) is 6.33. The van der Waals surface area contributed by atoms with Gasteiger partial charge in [-0.25, -0.2) is 14.0 Å². The zero-order valence-corrected chi connectivity index (χ0v) is 20.4. The van der Waals surface area contributed by atoms with Crippen LogP contribution in [0, 0.1) is 5.82 Å². The van der Waals surface area contributed by atoms with Crippen molar-refractivity contribution in [3.8, 4) is 0 Å². The van der Waals surface area contributed by atoms with Crippen molar-refractivity contribution in [2.45, 2.75) is 17.1 Å². The summed E-state index contributed by atoms with van der Waals surface area (Å²) in [5.41, 5.74) is -0.433. The SMILES string of the molecule is CC(Sc1ccc(NC(=O)c2ccc(C(=O)O)cc2C(=O)O)cc1)C(=O)Nc1ccc(Br)cc1F. The minimum absolute atomic E-state index is 0.0702. The van der Waals surface area contributed by atoms with Gasteiger partial charge < -0.3 is 20.8 Å². The highest BCUT2D eigenvalue weighted by atomic mass is 79.9. The zero-order valence-electron chi connectivity index (χ0n) is 18.0. The normalized spacial score (nSPS) is 11.4. The van der Waals surface area contributed by atoms with Gasteiger partial charge in [-0.15, -0.1) is 11.8 Å². The fraction of sp³-hybridized carbons (Fsp3) is 0.0833. The van der Waals surface area contributed by atoms with Gasteiger partial charge in [0, 0.05) is 15.1 Å². The van der Waals surface area contributed by atoms with Gasteiger partial charge in [-0.1, -0.05) is 15.9 Å². The molecule has 0 aliphatic heterocycles. The molecule has 0 spiro atoms. The third-order valence-electron chi connectivity index (χ3n) is 4.72. The summed E-state index contributed by atoms with van der Waals surface area (Å²) in [5, 5.41) is 22.9. The van der Waals surface area contributed by atoms with E-state index in [1.165, 1.54) is 23.9 Å². The van der Waals surface area contributed by atoms with Crippen molar-refractivity contribution in [3.05, 3.63) is 87.6 Å². The molecule has 1 unspecified atom stereocenters. The number of rotatable bonds is 8. The van der Waals surface area contributed by atoms with Gasteiger partial charge in [0.15, 0.2) is 0 Å². The molecule has 2 amide bonds. The van der Waals surface area contributed by atoms with Crippen molar-refractivity contribution < 1.29 is 33.8 Å². The van der Waals surface area contributed by atoms with Crippen molar-refractivity contribution in [1.29, 1.82) is 0 Å². The van der Waals surface area contributed by atoms with Crippen LogP contribution in [0.4, 0.5) is 15.8 Å². The number of aromatic carboxylic acids is 2. The van der Waals surface area contributed by atoms with Crippen LogP contribution >= 0.6 is 27.7 Å². The van der Waals surface area contributed by atoms with E-state index in [1.807, 2.05) is 0 Å². The van der Waals surface area contributed by atoms with Crippen LogP contribution in [0.3, 0.4) is 0 Å². The number of carbonyl (C=O) groups is 4. The maximum atomic E-state index is 14.0. The second-order valence-electron chi connectivity index (χ2n) is 7.22. The minimum atomic E-state index is -1.43. The monoisotopic (exact) mass is 560 g/mol. The Bertz CT molecular complexity index is 1320. The van der Waals surface area contributed by atoms with Crippen LogP contribution < -0.4 is 10.6 Å². The largest absolute Gasteiger partial charge is 0.478 e. The standard InChI is InChI=1S/C24H18BrFN2O6S/c1-12(21(29)28-20-9-3-14(25)11-19(20)26)35-16-6-4-15(5-7-16)27-22(30)17-8-2-13(23(31)32)10-18(17)24(33)34/h2-12H,1H3,(H,27,30)(H,28,29)(H,31,32)(H,33,34). The molecular formula is C24H18BrFN2O6S. The molecule has 0 aromatic heterocycles. The first kappa shape index (κ1) is 25.9. The fourth-order valence-corrected chi connectivity index (χ4v) is 4.15. The Kier molecular flexibility index (Phi) is 8.26. The van der Waals surface area contributed by atoms with Crippen molar-refractivity contribution in [2.24, 2.45) is 0 Å². The quantitative estimate of drug-likeness (QED) is 0.273. The molecule has 180 valence electrons. The molecule has 4 N–H and O–H groups in total. The van der Waals surface area contributed by atoms with Gasteiger partial charge in [-0.2, -0.15) is 0 Å². The molecule has 0 radical (unpaired) electrons. The number of thioether (sulfide) groups is 1. The molecule has 11 heteroatoms. The average molecular weight is 561 g/mol. The number of carbonyl (C=O) groups excluding carboxylic acids is 2. The fourth-order valence-electron chi connectivity index (χ4n) is 2.95. The number of carboxylic acid groups (broad SMARTS) is 2. The number of amides is 2. The Morgan fingerprint density at radius 3 is 2.17 bits per heavy atom. The Morgan fingerprint density at radius 1 is 0.886 bits per heavy atom. The Balaban J connectivity index is 1.65. The molecule has 0 bridgehead atoms. The molecule has 3 aromatic carbocycles. The summed E-state index contributed by atoms with van der Waals surface area (Å²) >= 11 is 4.38. The highest BCUT2D eigenvalue weighted by molar-refractivity contribution is 9.10. The summed E-state index contributed by atoms with van der Waals surface area (Å²) in [5.74, 6) is -4.41. The van der Waals surface area contributed by atoms with E-state index in [2.05, 4.69) is 26.6 Å². The van der Waals surface area contributed by atoms with Crippen molar-refractivity contribution in [2.75, 3.05) is 10.6 Å². The number of hydrogen-bond acceptors (Lipinski definition) is 5. The number of anilines is 2. The van der Waals surface area contributed by atoms with Crippen molar-refractivity contribution in [1.82, 2.24) is 0 Å². The maximum absolute atomic E-state index is 14.0. The zero-order chi connectivity index (χ0) is 25.7. The van der Waals surface area contributed by atoms with E-state index in [4.69, 9.17) is 5.11 Å². The van der Waals surface area contributed by atoms with Crippen LogP contribution in [0.2, 0.25) is 0 Å². The average Bonchev–Trinajstić information content (AvgIpc) is 2.81. The first-order valence-corrected chi connectivity index (χ1v) is 11.7. The highest BCUT2D eigenvalue weighted by Crippen LogP contribution is 2.27. The minimum Gasteiger partial charge on any atom is -0.478 e. The molecule has 0 aliphatic carbocycles. The molecule has 0 heterocycles. The lowest BCUT2D eigenvalue weighted by Crippen LogP contribution is -2.22. The molecule has 1 atom stereocenters. The van der Waals surface area contributed by atoms with Gasteiger partial charge in [0.1, 0.15) is 5.82 Å². The van der Waals surface area contributed by atoms with Crippen LogP contribution in [0.15, 0.2) is 70.0 Å². The second-order valence-corrected chi connectivity index (χ2v) is 9.55. The Hall–Kier alpha value is -3.70. The topological polar surface area (TPSA) is 133 Å². The summed E-state index contributed by atoms with van der Waals surface area (Å²) in [7, 11) is 0. The van der Waals surface area contributed by atoms with Gasteiger partial charge in [0.05, 0.1) is 27.6 Å². The second kappa shape index (κ2) is 11.2. The van der Waals surface area contributed by atoms with Crippen molar-refractivity contribution in [3.63, 3.8) is 0 Å². The van der Waals surface area contributed by atoms with Gasteiger partial charge in [-0.3, -0.25) is 9.59 Å². The summed E-state index contributed by atoms with van der Waals surface area (Å²) in [6.45, 7) is 1.67. The maximum Gasteiger partial charge on any atom is 0.336 e. The number of benzene rings is 3. The van der Waals surface area contributed by atoms with Gasteiger partial charge in [-0.05, 0) is 67.6 Å². The van der Waals surface area contributed by atoms with E-state index >= 15 is 0 Å². The summed E-state index contributed by atoms with van der Waals surface area (Å²) in [4.78, 5) is 48.3. The van der Waals surface area contributed by atoms with E-state index < -0.39 is 34.5 Å². The summed E-state index contributed by atoms with van der Waals surface area (Å²) < 4.78 is 14.5. The smallest absolute Gasteiger partial charge is 0.336 e. The van der Waals surface area contributed by atoms with Gasteiger partial charge in [0.2, 0.25) is 5.91 Å².